The van der Waals surface area contributed by atoms with Crippen molar-refractivity contribution in [1.82, 2.24) is 0 Å². The number of halogens is 4. The topological polar surface area (TPSA) is 35.5 Å². The van der Waals surface area contributed by atoms with Gasteiger partial charge in [-0.3, -0.25) is 0 Å². The molecule has 0 aliphatic heterocycles. The van der Waals surface area contributed by atoms with Crippen molar-refractivity contribution in [2.45, 2.75) is 11.2 Å². The highest BCUT2D eigenvalue weighted by Crippen LogP contribution is 2.03. The van der Waals surface area contributed by atoms with Crippen molar-refractivity contribution >= 4 is 52.8 Å². The van der Waals surface area contributed by atoms with Crippen molar-refractivity contribution in [3.63, 3.8) is 0 Å². The lowest BCUT2D eigenvalue weighted by Gasteiger charge is -1.91. The highest BCUT2D eigenvalue weighted by atomic mass is 35.6. The standard InChI is InChI=1S/C3H5ClO3.CHCl3/c1-2-6-3(5)7-4;2-1(3)4/h2H2,1H3;1H. The number of carbonyl (C=O) groups is 1. The first-order valence-corrected chi connectivity index (χ1v) is 4.04. The van der Waals surface area contributed by atoms with Gasteiger partial charge in [-0.1, -0.05) is 34.8 Å². The molecular weight excluding hydrogens is 238 g/mol. The Hall–Kier alpha value is 0.430. The van der Waals surface area contributed by atoms with Gasteiger partial charge in [0.1, 0.15) is 11.9 Å². The summed E-state index contributed by atoms with van der Waals surface area (Å²) in [4.78, 5) is 9.84. The van der Waals surface area contributed by atoms with Gasteiger partial charge in [0, 0.05) is 0 Å². The van der Waals surface area contributed by atoms with E-state index in [1.165, 1.54) is 0 Å². The summed E-state index contributed by atoms with van der Waals surface area (Å²) in [5, 5.41) is 0. The molecule has 0 radical (unpaired) electrons. The molecular formula is C4H6Cl4O3. The van der Waals surface area contributed by atoms with E-state index in [9.17, 15) is 4.79 Å². The lowest BCUT2D eigenvalue weighted by molar-refractivity contribution is 0.108. The zero-order valence-corrected chi connectivity index (χ0v) is 8.54. The summed E-state index contributed by atoms with van der Waals surface area (Å²) in [6.07, 6.45) is -0.857. The largest absolute Gasteiger partial charge is 0.526 e. The van der Waals surface area contributed by atoms with Crippen molar-refractivity contribution < 1.29 is 13.8 Å². The van der Waals surface area contributed by atoms with Gasteiger partial charge in [0.05, 0.1) is 6.61 Å². The van der Waals surface area contributed by atoms with E-state index in [0.29, 0.717) is 0 Å². The molecule has 0 aliphatic carbocycles. The molecule has 0 aromatic rings. The van der Waals surface area contributed by atoms with Gasteiger partial charge >= 0.3 is 6.16 Å². The van der Waals surface area contributed by atoms with Crippen molar-refractivity contribution in [3.8, 4) is 0 Å². The lowest BCUT2D eigenvalue weighted by atomic mass is 10.9. The van der Waals surface area contributed by atoms with E-state index in [4.69, 9.17) is 34.8 Å². The molecule has 0 amide bonds. The number of rotatable bonds is 1. The van der Waals surface area contributed by atoms with Crippen LogP contribution in [0.15, 0.2) is 0 Å². The highest BCUT2D eigenvalue weighted by Gasteiger charge is 1.95. The van der Waals surface area contributed by atoms with Gasteiger partial charge in [-0.25, -0.2) is 4.79 Å². The van der Waals surface area contributed by atoms with Gasteiger partial charge < -0.3 is 9.03 Å². The van der Waals surface area contributed by atoms with E-state index in [1.54, 1.807) is 6.92 Å². The van der Waals surface area contributed by atoms with Crippen LogP contribution in [0.4, 0.5) is 4.79 Å². The van der Waals surface area contributed by atoms with Crippen LogP contribution in [-0.2, 0) is 9.03 Å². The summed E-state index contributed by atoms with van der Waals surface area (Å²) < 4.78 is 7.05. The molecule has 0 spiro atoms. The maximum atomic E-state index is 9.84. The fraction of sp³-hybridized carbons (Fsp3) is 0.750. The molecule has 7 heteroatoms. The Balaban J connectivity index is 0. The van der Waals surface area contributed by atoms with Gasteiger partial charge in [-0.05, 0) is 6.92 Å². The SMILES string of the molecule is CCOC(=O)OCl.ClC(Cl)Cl. The van der Waals surface area contributed by atoms with Gasteiger partial charge in [0.15, 0.2) is 4.30 Å². The maximum Gasteiger partial charge on any atom is 0.526 e. The highest BCUT2D eigenvalue weighted by molar-refractivity contribution is 6.63. The predicted molar refractivity (Wildman–Crippen MR) is 45.3 cm³/mol. The minimum absolute atomic E-state index is 0.283. The van der Waals surface area contributed by atoms with Crippen molar-refractivity contribution in [1.29, 1.82) is 0 Å². The third-order valence-corrected chi connectivity index (χ3v) is 0.451. The van der Waals surface area contributed by atoms with Crippen LogP contribution in [0.5, 0.6) is 0 Å². The normalized spacial score (nSPS) is 8.18. The molecule has 0 rings (SSSR count). The molecule has 0 heterocycles. The number of hydrogen-bond donors (Lipinski definition) is 0. The molecule has 0 fully saturated rings. The van der Waals surface area contributed by atoms with E-state index < -0.39 is 10.5 Å². The third kappa shape index (κ3) is 25.1. The van der Waals surface area contributed by atoms with Crippen LogP contribution in [-0.4, -0.2) is 17.1 Å². The molecule has 0 unspecified atom stereocenters. The van der Waals surface area contributed by atoms with Crippen LogP contribution in [0.3, 0.4) is 0 Å². The Morgan fingerprint density at radius 2 is 1.82 bits per heavy atom. The summed E-state index contributed by atoms with van der Waals surface area (Å²) >= 11 is 19.0. The average Bonchev–Trinajstić information content (AvgIpc) is 1.87. The van der Waals surface area contributed by atoms with Crippen molar-refractivity contribution in [2.75, 3.05) is 6.61 Å². The van der Waals surface area contributed by atoms with Gasteiger partial charge in [-0.15, -0.1) is 0 Å². The monoisotopic (exact) mass is 242 g/mol. The number of hydrogen-bond acceptors (Lipinski definition) is 3. The van der Waals surface area contributed by atoms with E-state index >= 15 is 0 Å². The van der Waals surface area contributed by atoms with Crippen LogP contribution in [0.1, 0.15) is 6.92 Å². The minimum atomic E-state index is -0.857. The van der Waals surface area contributed by atoms with Gasteiger partial charge in [0.25, 0.3) is 0 Å². The number of ether oxygens (including phenoxy) is 1. The van der Waals surface area contributed by atoms with Crippen LogP contribution in [0.2, 0.25) is 0 Å². The van der Waals surface area contributed by atoms with Crippen LogP contribution in [0.25, 0.3) is 0 Å². The molecule has 0 bridgehead atoms. The molecule has 0 aliphatic rings. The van der Waals surface area contributed by atoms with E-state index in [2.05, 4.69) is 20.9 Å². The maximum absolute atomic E-state index is 9.84. The predicted octanol–water partition coefficient (Wildman–Crippen LogP) is 3.30. The molecule has 68 valence electrons. The Bertz CT molecular complexity index is 94.6. The van der Waals surface area contributed by atoms with Crippen LogP contribution < -0.4 is 0 Å². The molecule has 11 heavy (non-hydrogen) atoms. The summed E-state index contributed by atoms with van der Waals surface area (Å²) in [6, 6.07) is 0. The number of alkyl halides is 3. The Morgan fingerprint density at radius 1 is 1.45 bits per heavy atom. The van der Waals surface area contributed by atoms with Crippen LogP contribution >= 0.6 is 46.7 Å². The molecule has 0 aromatic carbocycles. The van der Waals surface area contributed by atoms with E-state index in [1.807, 2.05) is 0 Å². The van der Waals surface area contributed by atoms with Gasteiger partial charge in [0.2, 0.25) is 0 Å². The molecule has 0 atom stereocenters. The molecule has 0 aromatic heterocycles. The zero-order valence-electron chi connectivity index (χ0n) is 5.52. The zero-order chi connectivity index (χ0) is 9.28. The van der Waals surface area contributed by atoms with Crippen molar-refractivity contribution in [2.24, 2.45) is 0 Å². The summed E-state index contributed by atoms with van der Waals surface area (Å²) in [5.41, 5.74) is 0. The Labute approximate surface area is 84.6 Å². The molecule has 0 saturated heterocycles. The first-order valence-electron chi connectivity index (χ1n) is 2.42. The second-order valence-corrected chi connectivity index (χ2v) is 3.14. The lowest BCUT2D eigenvalue weighted by Crippen LogP contribution is -1.99. The molecule has 0 saturated carbocycles. The summed E-state index contributed by atoms with van der Waals surface area (Å²) in [5.74, 6) is 0. The average molecular weight is 244 g/mol. The van der Waals surface area contributed by atoms with E-state index in [-0.39, 0.29) is 6.61 Å². The summed E-state index contributed by atoms with van der Waals surface area (Å²) in [7, 11) is 0. The fourth-order valence-corrected chi connectivity index (χ4v) is 0.185. The Morgan fingerprint density at radius 3 is 1.91 bits per heavy atom. The molecule has 3 nitrogen and oxygen atoms in total. The fourth-order valence-electron chi connectivity index (χ4n) is 0.140. The smallest absolute Gasteiger partial charge is 0.434 e. The van der Waals surface area contributed by atoms with Crippen LogP contribution in [0, 0.1) is 0 Å². The Kier molecular flexibility index (Phi) is 13.3. The number of carbonyl (C=O) groups excluding carboxylic acids is 1. The first kappa shape index (κ1) is 14.0. The minimum Gasteiger partial charge on any atom is -0.434 e. The first-order chi connectivity index (χ1) is 5.04. The van der Waals surface area contributed by atoms with Crippen molar-refractivity contribution in [3.05, 3.63) is 0 Å². The molecule has 0 N–H and O–H groups in total. The second-order valence-electron chi connectivity index (χ2n) is 1.01. The third-order valence-electron chi connectivity index (χ3n) is 0.325. The quantitative estimate of drug-likeness (QED) is 0.524. The summed E-state index contributed by atoms with van der Waals surface area (Å²) in [6.45, 7) is 1.94. The van der Waals surface area contributed by atoms with E-state index in [0.717, 1.165) is 0 Å². The second kappa shape index (κ2) is 10.4. The van der Waals surface area contributed by atoms with Gasteiger partial charge in [-0.2, -0.15) is 0 Å².